The number of aromatic nitrogens is 3. The van der Waals surface area contributed by atoms with Crippen molar-refractivity contribution in [1.82, 2.24) is 14.5 Å². The highest BCUT2D eigenvalue weighted by molar-refractivity contribution is 14.2. The van der Waals surface area contributed by atoms with E-state index in [1.165, 1.54) is 0 Å². The van der Waals surface area contributed by atoms with Crippen molar-refractivity contribution in [2.24, 2.45) is 0 Å². The second-order valence-corrected chi connectivity index (χ2v) is 4.84. The molecule has 0 bridgehead atoms. The standard InChI is InChI=1S/C6H5ClIN4P/c7-5-1-4(9)3-2-10-12(13-8)6(3)11-5/h1-2,13H,(H2,9,11). The molecule has 7 heteroatoms. The molecule has 4 nitrogen and oxygen atoms in total. The van der Waals surface area contributed by atoms with E-state index in [-0.39, 0.29) is 0 Å². The van der Waals surface area contributed by atoms with Gasteiger partial charge in [0.25, 0.3) is 0 Å². The van der Waals surface area contributed by atoms with Gasteiger partial charge in [0.1, 0.15) is 5.15 Å². The maximum atomic E-state index is 5.78. The van der Waals surface area contributed by atoms with Gasteiger partial charge in [0.15, 0.2) is 5.65 Å². The number of anilines is 1. The van der Waals surface area contributed by atoms with Gasteiger partial charge in [0.2, 0.25) is 0 Å². The van der Waals surface area contributed by atoms with E-state index in [2.05, 4.69) is 32.1 Å². The van der Waals surface area contributed by atoms with Gasteiger partial charge in [-0.3, -0.25) is 0 Å². The Labute approximate surface area is 94.2 Å². The fourth-order valence-corrected chi connectivity index (χ4v) is 2.66. The summed E-state index contributed by atoms with van der Waals surface area (Å²) in [6.07, 6.45) is 2.21. The maximum Gasteiger partial charge on any atom is 0.165 e. The average molecular weight is 326 g/mol. The van der Waals surface area contributed by atoms with Crippen molar-refractivity contribution in [3.8, 4) is 0 Å². The minimum Gasteiger partial charge on any atom is -0.398 e. The van der Waals surface area contributed by atoms with Crippen LogP contribution in [0.3, 0.4) is 0 Å². The van der Waals surface area contributed by atoms with Crippen LogP contribution in [-0.2, 0) is 0 Å². The first kappa shape index (κ1) is 9.43. The predicted molar refractivity (Wildman–Crippen MR) is 64.7 cm³/mol. The van der Waals surface area contributed by atoms with E-state index >= 15 is 0 Å². The van der Waals surface area contributed by atoms with E-state index < -0.39 is 0 Å². The number of nitrogens with zero attached hydrogens (tertiary/aromatic N) is 3. The number of fused-ring (bicyclic) bond motifs is 1. The summed E-state index contributed by atoms with van der Waals surface area (Å²) in [6.45, 7) is 0. The normalized spacial score (nSPS) is 11.8. The van der Waals surface area contributed by atoms with Gasteiger partial charge in [0, 0.05) is 5.69 Å². The molecular weight excluding hydrogens is 321 g/mol. The summed E-state index contributed by atoms with van der Waals surface area (Å²) in [4.78, 5) is 4.16. The number of pyridine rings is 1. The summed E-state index contributed by atoms with van der Waals surface area (Å²) < 4.78 is 1.78. The molecule has 1 unspecified atom stereocenters. The fourth-order valence-electron chi connectivity index (χ4n) is 1.05. The van der Waals surface area contributed by atoms with E-state index in [0.29, 0.717) is 17.2 Å². The third-order valence-corrected chi connectivity index (χ3v) is 3.67. The summed E-state index contributed by atoms with van der Waals surface area (Å²) in [7, 11) is 0. The minimum atomic E-state index is 0.404. The van der Waals surface area contributed by atoms with Crippen molar-refractivity contribution in [1.29, 1.82) is 0 Å². The number of nitrogens with two attached hydrogens (primary N) is 1. The van der Waals surface area contributed by atoms with Crippen molar-refractivity contribution < 1.29 is 0 Å². The van der Waals surface area contributed by atoms with Crippen LogP contribution in [0.2, 0.25) is 5.15 Å². The molecular formula is C6H5ClIN4P. The lowest BCUT2D eigenvalue weighted by Crippen LogP contribution is -1.90. The van der Waals surface area contributed by atoms with E-state index in [1.807, 2.05) is 0 Å². The van der Waals surface area contributed by atoms with Crippen LogP contribution in [-0.4, -0.2) is 14.5 Å². The van der Waals surface area contributed by atoms with Crippen LogP contribution in [0.5, 0.6) is 0 Å². The molecule has 13 heavy (non-hydrogen) atoms. The third-order valence-electron chi connectivity index (χ3n) is 1.62. The van der Waals surface area contributed by atoms with Crippen LogP contribution in [0.4, 0.5) is 5.69 Å². The molecule has 1 atom stereocenters. The summed E-state index contributed by atoms with van der Waals surface area (Å²) in [5, 5.41) is 5.40. The molecule has 2 aromatic heterocycles. The predicted octanol–water partition coefficient (Wildman–Crippen LogP) is 2.46. The quantitative estimate of drug-likeness (QED) is 0.497. The van der Waals surface area contributed by atoms with Crippen LogP contribution >= 0.6 is 40.0 Å². The number of halogens is 2. The zero-order valence-corrected chi connectivity index (χ0v) is 10.2. The fraction of sp³-hybridized carbons (Fsp3) is 0. The summed E-state index contributed by atoms with van der Waals surface area (Å²) >= 11 is 8.00. The first-order valence-electron chi connectivity index (χ1n) is 3.39. The molecule has 0 aliphatic heterocycles. The third kappa shape index (κ3) is 1.60. The molecule has 0 spiro atoms. The van der Waals surface area contributed by atoms with E-state index in [9.17, 15) is 0 Å². The summed E-state index contributed by atoms with van der Waals surface area (Å²) in [5.74, 6) is 0. The Morgan fingerprint density at radius 1 is 1.62 bits per heavy atom. The largest absolute Gasteiger partial charge is 0.398 e. The molecule has 2 heterocycles. The topological polar surface area (TPSA) is 56.7 Å². The molecule has 2 rings (SSSR count). The molecule has 0 aliphatic carbocycles. The Balaban J connectivity index is 2.82. The summed E-state index contributed by atoms with van der Waals surface area (Å²) in [5.41, 5.74) is 7.12. The van der Waals surface area contributed by atoms with Crippen molar-refractivity contribution in [2.75, 3.05) is 5.73 Å². The van der Waals surface area contributed by atoms with Gasteiger partial charge in [-0.1, -0.05) is 11.6 Å². The van der Waals surface area contributed by atoms with Gasteiger partial charge in [-0.05, 0) is 28.1 Å². The van der Waals surface area contributed by atoms with E-state index in [4.69, 9.17) is 17.3 Å². The first-order chi connectivity index (χ1) is 6.22. The van der Waals surface area contributed by atoms with Crippen molar-refractivity contribution >= 4 is 56.7 Å². The van der Waals surface area contributed by atoms with Crippen molar-refractivity contribution in [3.05, 3.63) is 17.4 Å². The number of hydrogen-bond donors (Lipinski definition) is 1. The molecule has 0 aromatic carbocycles. The Morgan fingerprint density at radius 3 is 3.08 bits per heavy atom. The number of hydrogen-bond acceptors (Lipinski definition) is 3. The first-order valence-corrected chi connectivity index (χ1v) is 7.82. The van der Waals surface area contributed by atoms with Crippen molar-refractivity contribution in [2.45, 2.75) is 0 Å². The molecule has 0 saturated heterocycles. The Bertz CT molecular complexity index is 457. The summed E-state index contributed by atoms with van der Waals surface area (Å²) in [6, 6.07) is 1.63. The van der Waals surface area contributed by atoms with Crippen molar-refractivity contribution in [3.63, 3.8) is 0 Å². The molecule has 0 aliphatic rings. The lowest BCUT2D eigenvalue weighted by molar-refractivity contribution is 1.02. The van der Waals surface area contributed by atoms with E-state index in [1.54, 1.807) is 16.7 Å². The number of nitrogen functional groups attached to an aromatic ring is 1. The van der Waals surface area contributed by atoms with Crippen LogP contribution in [0.25, 0.3) is 11.0 Å². The van der Waals surface area contributed by atoms with Gasteiger partial charge >= 0.3 is 0 Å². The SMILES string of the molecule is Nc1cc(Cl)nc2c1cnn2PI. The lowest BCUT2D eigenvalue weighted by Gasteiger charge is -1.98. The van der Waals surface area contributed by atoms with Gasteiger partial charge in [-0.2, -0.15) is 5.10 Å². The molecule has 0 fully saturated rings. The van der Waals surface area contributed by atoms with Crippen LogP contribution in [0.1, 0.15) is 0 Å². The highest BCUT2D eigenvalue weighted by atomic mass is 127. The van der Waals surface area contributed by atoms with Gasteiger partial charge in [-0.15, -0.1) is 0 Å². The number of rotatable bonds is 1. The molecule has 2 aromatic rings. The minimum absolute atomic E-state index is 0.404. The molecule has 2 N–H and O–H groups in total. The molecule has 0 radical (unpaired) electrons. The maximum absolute atomic E-state index is 5.78. The molecule has 68 valence electrons. The average Bonchev–Trinajstić information content (AvgIpc) is 2.47. The second kappa shape index (κ2) is 3.55. The Hall–Kier alpha value is -0.130. The van der Waals surface area contributed by atoms with Crippen LogP contribution in [0, 0.1) is 0 Å². The molecule has 0 amide bonds. The highest BCUT2D eigenvalue weighted by Gasteiger charge is 2.07. The van der Waals surface area contributed by atoms with Crippen LogP contribution < -0.4 is 5.73 Å². The smallest absolute Gasteiger partial charge is 0.165 e. The Kier molecular flexibility index (Phi) is 2.58. The zero-order chi connectivity index (χ0) is 9.42. The van der Waals surface area contributed by atoms with Crippen LogP contribution in [0.15, 0.2) is 12.3 Å². The zero-order valence-electron chi connectivity index (χ0n) is 6.33. The second-order valence-electron chi connectivity index (χ2n) is 2.41. The van der Waals surface area contributed by atoms with Gasteiger partial charge in [-0.25, -0.2) is 9.44 Å². The monoisotopic (exact) mass is 326 g/mol. The van der Waals surface area contributed by atoms with Gasteiger partial charge < -0.3 is 5.73 Å². The van der Waals surface area contributed by atoms with Gasteiger partial charge in [0.05, 0.1) is 18.0 Å². The lowest BCUT2D eigenvalue weighted by atomic mass is 10.3. The molecule has 0 saturated carbocycles. The Morgan fingerprint density at radius 2 is 2.38 bits per heavy atom. The highest BCUT2D eigenvalue weighted by Crippen LogP contribution is 2.30. The van der Waals surface area contributed by atoms with E-state index in [0.717, 1.165) is 11.0 Å².